The summed E-state index contributed by atoms with van der Waals surface area (Å²) in [6.45, 7) is 4.79. The number of carbonyl (C=O) groups excluding carboxylic acids is 3. The van der Waals surface area contributed by atoms with Crippen molar-refractivity contribution in [2.75, 3.05) is 0 Å². The fourth-order valence-corrected chi connectivity index (χ4v) is 1.30. The Kier molecular flexibility index (Phi) is 6.70. The van der Waals surface area contributed by atoms with Gasteiger partial charge in [-0.3, -0.25) is 19.6 Å². The Morgan fingerprint density at radius 1 is 1.21 bits per heavy atom. The van der Waals surface area contributed by atoms with Crippen molar-refractivity contribution in [3.8, 4) is 0 Å². The van der Waals surface area contributed by atoms with Gasteiger partial charge in [-0.2, -0.15) is 5.06 Å². The maximum Gasteiger partial charge on any atom is 0.326 e. The summed E-state index contributed by atoms with van der Waals surface area (Å²) in [6, 6.07) is -0.771. The van der Waals surface area contributed by atoms with Gasteiger partial charge < -0.3 is 10.4 Å². The highest BCUT2D eigenvalue weighted by molar-refractivity contribution is 6.00. The van der Waals surface area contributed by atoms with E-state index in [1.807, 2.05) is 0 Å². The first-order valence-corrected chi connectivity index (χ1v) is 5.71. The molecule has 1 atom stereocenters. The van der Waals surface area contributed by atoms with Gasteiger partial charge in [-0.15, -0.1) is 0 Å². The molecule has 8 nitrogen and oxygen atoms in total. The predicted octanol–water partition coefficient (Wildman–Crippen LogP) is -0.244. The number of hydrogen-bond acceptors (Lipinski definition) is 5. The summed E-state index contributed by atoms with van der Waals surface area (Å²) in [5, 5.41) is 19.5. The van der Waals surface area contributed by atoms with Crippen LogP contribution in [0.25, 0.3) is 0 Å². The average molecular weight is 274 g/mol. The SMILES string of the molecule is CC(=O)NC(C(=O)O)C(C)C.O=C1CCC(=O)N1O. The van der Waals surface area contributed by atoms with Crippen molar-refractivity contribution < 1.29 is 29.5 Å². The summed E-state index contributed by atoms with van der Waals surface area (Å²) < 4.78 is 0. The number of carboxylic acids is 1. The molecule has 19 heavy (non-hydrogen) atoms. The van der Waals surface area contributed by atoms with E-state index in [-0.39, 0.29) is 29.7 Å². The molecule has 1 saturated heterocycles. The molecule has 0 spiro atoms. The molecule has 0 radical (unpaired) electrons. The van der Waals surface area contributed by atoms with Gasteiger partial charge in [0.1, 0.15) is 6.04 Å². The van der Waals surface area contributed by atoms with Crippen molar-refractivity contribution in [2.24, 2.45) is 5.92 Å². The third kappa shape index (κ3) is 5.96. The molecule has 0 aromatic carbocycles. The Hall–Kier alpha value is -1.96. The van der Waals surface area contributed by atoms with Crippen molar-refractivity contribution in [1.29, 1.82) is 0 Å². The number of hydrogen-bond donors (Lipinski definition) is 3. The summed E-state index contributed by atoms with van der Waals surface area (Å²) in [6.07, 6.45) is 0.296. The molecule has 0 aromatic heterocycles. The number of amides is 3. The Bertz CT molecular complexity index is 363. The van der Waals surface area contributed by atoms with Gasteiger partial charge in [0.15, 0.2) is 0 Å². The van der Waals surface area contributed by atoms with Crippen LogP contribution in [0.2, 0.25) is 0 Å². The molecule has 8 heteroatoms. The van der Waals surface area contributed by atoms with Gasteiger partial charge in [0.05, 0.1) is 0 Å². The van der Waals surface area contributed by atoms with Crippen LogP contribution in [0, 0.1) is 5.92 Å². The lowest BCUT2D eigenvalue weighted by atomic mass is 10.1. The Morgan fingerprint density at radius 3 is 1.74 bits per heavy atom. The van der Waals surface area contributed by atoms with E-state index in [0.717, 1.165) is 0 Å². The van der Waals surface area contributed by atoms with Crippen LogP contribution in [0.15, 0.2) is 0 Å². The van der Waals surface area contributed by atoms with Crippen molar-refractivity contribution in [3.05, 3.63) is 0 Å². The fraction of sp³-hybridized carbons (Fsp3) is 0.636. The van der Waals surface area contributed by atoms with Gasteiger partial charge in [0.2, 0.25) is 5.91 Å². The van der Waals surface area contributed by atoms with E-state index >= 15 is 0 Å². The predicted molar refractivity (Wildman–Crippen MR) is 63.0 cm³/mol. The second-order valence-corrected chi connectivity index (χ2v) is 4.36. The molecular weight excluding hydrogens is 256 g/mol. The van der Waals surface area contributed by atoms with Crippen LogP contribution >= 0.6 is 0 Å². The van der Waals surface area contributed by atoms with E-state index in [1.165, 1.54) is 6.92 Å². The highest BCUT2D eigenvalue weighted by atomic mass is 16.5. The molecule has 108 valence electrons. The molecule has 0 aliphatic carbocycles. The number of nitrogens with zero attached hydrogens (tertiary/aromatic N) is 1. The highest BCUT2D eigenvalue weighted by Crippen LogP contribution is 2.07. The van der Waals surface area contributed by atoms with Gasteiger partial charge in [-0.05, 0) is 5.92 Å². The third-order valence-electron chi connectivity index (χ3n) is 2.32. The molecule has 0 bridgehead atoms. The molecule has 1 heterocycles. The number of nitrogens with one attached hydrogen (secondary N) is 1. The van der Waals surface area contributed by atoms with E-state index in [1.54, 1.807) is 13.8 Å². The molecule has 0 saturated carbocycles. The van der Waals surface area contributed by atoms with Crippen molar-refractivity contribution in [1.82, 2.24) is 10.4 Å². The Morgan fingerprint density at radius 2 is 1.63 bits per heavy atom. The Balaban J connectivity index is 0.000000356. The minimum atomic E-state index is -0.991. The average Bonchev–Trinajstić information content (AvgIpc) is 2.57. The number of imide groups is 1. The second kappa shape index (κ2) is 7.47. The van der Waals surface area contributed by atoms with Crippen molar-refractivity contribution >= 4 is 23.7 Å². The lowest BCUT2D eigenvalue weighted by Gasteiger charge is -2.16. The van der Waals surface area contributed by atoms with Gasteiger partial charge in [0.25, 0.3) is 11.8 Å². The molecule has 0 aromatic rings. The van der Waals surface area contributed by atoms with E-state index in [4.69, 9.17) is 10.3 Å². The number of hydroxylamine groups is 2. The molecule has 1 rings (SSSR count). The zero-order chi connectivity index (χ0) is 15.2. The van der Waals surface area contributed by atoms with Crippen LogP contribution in [0.4, 0.5) is 0 Å². The van der Waals surface area contributed by atoms with Crippen molar-refractivity contribution in [3.63, 3.8) is 0 Å². The van der Waals surface area contributed by atoms with Crippen LogP contribution in [0.5, 0.6) is 0 Å². The van der Waals surface area contributed by atoms with Crippen LogP contribution in [0.3, 0.4) is 0 Å². The van der Waals surface area contributed by atoms with Crippen LogP contribution in [0.1, 0.15) is 33.6 Å². The largest absolute Gasteiger partial charge is 0.480 e. The first-order valence-electron chi connectivity index (χ1n) is 5.71. The maximum atomic E-state index is 10.5. The summed E-state index contributed by atoms with van der Waals surface area (Å²) >= 11 is 0. The minimum Gasteiger partial charge on any atom is -0.480 e. The normalized spacial score (nSPS) is 15.9. The summed E-state index contributed by atoms with van der Waals surface area (Å²) in [4.78, 5) is 41.4. The monoisotopic (exact) mass is 274 g/mol. The van der Waals surface area contributed by atoms with Gasteiger partial charge in [0, 0.05) is 19.8 Å². The smallest absolute Gasteiger partial charge is 0.326 e. The summed E-state index contributed by atoms with van der Waals surface area (Å²) in [5.74, 6) is -2.40. The second-order valence-electron chi connectivity index (χ2n) is 4.36. The molecular formula is C11H18N2O6. The number of aliphatic carboxylic acids is 1. The number of rotatable bonds is 3. The minimum absolute atomic E-state index is 0.0867. The zero-order valence-corrected chi connectivity index (χ0v) is 11.0. The molecule has 1 fully saturated rings. The highest BCUT2D eigenvalue weighted by Gasteiger charge is 2.26. The molecule has 3 N–H and O–H groups in total. The van der Waals surface area contributed by atoms with E-state index in [0.29, 0.717) is 0 Å². The van der Waals surface area contributed by atoms with Gasteiger partial charge in [-0.25, -0.2) is 4.79 Å². The topological polar surface area (TPSA) is 124 Å². The molecule has 1 aliphatic rings. The molecule has 1 unspecified atom stereocenters. The van der Waals surface area contributed by atoms with E-state index in [2.05, 4.69) is 5.32 Å². The van der Waals surface area contributed by atoms with Crippen LogP contribution < -0.4 is 5.32 Å². The molecule has 1 aliphatic heterocycles. The fourth-order valence-electron chi connectivity index (χ4n) is 1.30. The number of carboxylic acid groups (broad SMARTS) is 1. The molecule has 3 amide bonds. The maximum absolute atomic E-state index is 10.5. The van der Waals surface area contributed by atoms with Crippen LogP contribution in [-0.4, -0.2) is 45.1 Å². The first-order chi connectivity index (χ1) is 8.66. The summed E-state index contributed by atoms with van der Waals surface area (Å²) in [7, 11) is 0. The quantitative estimate of drug-likeness (QED) is 0.482. The number of carbonyl (C=O) groups is 4. The standard InChI is InChI=1S/C7H13NO3.C4H5NO3/c1-4(2)6(7(10)11)8-5(3)9;6-3-1-2-4(7)5(3)8/h4,6H,1-3H3,(H,8,9)(H,10,11);8H,1-2H2. The van der Waals surface area contributed by atoms with Gasteiger partial charge in [-0.1, -0.05) is 13.8 Å². The first kappa shape index (κ1) is 17.0. The van der Waals surface area contributed by atoms with E-state index in [9.17, 15) is 19.2 Å². The third-order valence-corrected chi connectivity index (χ3v) is 2.32. The summed E-state index contributed by atoms with van der Waals surface area (Å²) in [5.41, 5.74) is 0. The van der Waals surface area contributed by atoms with Crippen LogP contribution in [-0.2, 0) is 19.2 Å². The van der Waals surface area contributed by atoms with Gasteiger partial charge >= 0.3 is 5.97 Å². The van der Waals surface area contributed by atoms with Crippen molar-refractivity contribution in [2.45, 2.75) is 39.7 Å². The zero-order valence-electron chi connectivity index (χ0n) is 11.0. The Labute approximate surface area is 110 Å². The lowest BCUT2D eigenvalue weighted by molar-refractivity contribution is -0.171. The lowest BCUT2D eigenvalue weighted by Crippen LogP contribution is -2.43. The van der Waals surface area contributed by atoms with E-state index < -0.39 is 23.8 Å².